The minimum Gasteiger partial charge on any atom is -0.464 e. The van der Waals surface area contributed by atoms with Crippen molar-refractivity contribution >= 4 is 26.9 Å². The van der Waals surface area contributed by atoms with E-state index in [1.165, 1.54) is 10.9 Å². The minimum absolute atomic E-state index is 0.963. The van der Waals surface area contributed by atoms with Crippen molar-refractivity contribution in [1.82, 2.24) is 5.32 Å². The van der Waals surface area contributed by atoms with Gasteiger partial charge in [-0.05, 0) is 43.3 Å². The molecule has 0 aliphatic heterocycles. The molecule has 1 aromatic heterocycles. The molecule has 0 atom stereocenters. The largest absolute Gasteiger partial charge is 0.464 e. The van der Waals surface area contributed by atoms with Crippen LogP contribution in [-0.2, 0) is 6.42 Å². The summed E-state index contributed by atoms with van der Waals surface area (Å²) in [7, 11) is 0. The highest BCUT2D eigenvalue weighted by atomic mass is 79.9. The second kappa shape index (κ2) is 4.81. The first kappa shape index (κ1) is 10.7. The molecule has 0 saturated carbocycles. The first-order chi connectivity index (χ1) is 7.31. The topological polar surface area (TPSA) is 25.2 Å². The predicted octanol–water partition coefficient (Wildman–Crippen LogP) is 3.35. The molecule has 0 bridgehead atoms. The number of rotatable bonds is 4. The van der Waals surface area contributed by atoms with E-state index in [1.54, 1.807) is 0 Å². The van der Waals surface area contributed by atoms with Crippen LogP contribution in [-0.4, -0.2) is 13.1 Å². The van der Waals surface area contributed by atoms with Crippen LogP contribution in [0, 0.1) is 0 Å². The summed E-state index contributed by atoms with van der Waals surface area (Å²) in [5.74, 6) is 0. The maximum absolute atomic E-state index is 5.49. The Bertz CT molecular complexity index is 450. The van der Waals surface area contributed by atoms with Crippen molar-refractivity contribution in [2.24, 2.45) is 0 Å². The van der Waals surface area contributed by atoms with Gasteiger partial charge in [0.05, 0.1) is 6.26 Å². The number of hydrogen-bond donors (Lipinski definition) is 1. The van der Waals surface area contributed by atoms with E-state index in [1.807, 2.05) is 18.4 Å². The minimum atomic E-state index is 0.963. The van der Waals surface area contributed by atoms with Crippen molar-refractivity contribution in [1.29, 1.82) is 0 Å². The third-order valence-corrected chi connectivity index (χ3v) is 2.93. The molecule has 2 rings (SSSR count). The van der Waals surface area contributed by atoms with Gasteiger partial charge in [0.25, 0.3) is 0 Å². The normalized spacial score (nSPS) is 11.1. The van der Waals surface area contributed by atoms with Crippen molar-refractivity contribution in [3.63, 3.8) is 0 Å². The summed E-state index contributed by atoms with van der Waals surface area (Å²) in [5.41, 5.74) is 2.23. The van der Waals surface area contributed by atoms with Gasteiger partial charge in [0.2, 0.25) is 0 Å². The quantitative estimate of drug-likeness (QED) is 0.860. The average molecular weight is 268 g/mol. The molecule has 1 N–H and O–H groups in total. The van der Waals surface area contributed by atoms with Gasteiger partial charge in [-0.25, -0.2) is 0 Å². The molecule has 0 radical (unpaired) electrons. The number of hydrogen-bond acceptors (Lipinski definition) is 2. The van der Waals surface area contributed by atoms with Crippen LogP contribution in [0.25, 0.3) is 11.0 Å². The molecule has 2 nitrogen and oxygen atoms in total. The zero-order valence-electron chi connectivity index (χ0n) is 8.72. The first-order valence-corrected chi connectivity index (χ1v) is 5.97. The Hall–Kier alpha value is -0.800. The van der Waals surface area contributed by atoms with Crippen LogP contribution in [0.2, 0.25) is 0 Å². The first-order valence-electron chi connectivity index (χ1n) is 5.17. The number of halogens is 1. The Morgan fingerprint density at radius 1 is 1.40 bits per heavy atom. The van der Waals surface area contributed by atoms with Gasteiger partial charge in [0.1, 0.15) is 5.58 Å². The van der Waals surface area contributed by atoms with Crippen molar-refractivity contribution in [2.45, 2.75) is 13.3 Å². The standard InChI is InChI=1S/C12H14BrNO/c1-2-14-6-5-9-8-15-12-4-3-10(13)7-11(9)12/h3-4,7-8,14H,2,5-6H2,1H3. The summed E-state index contributed by atoms with van der Waals surface area (Å²) in [6, 6.07) is 6.11. The van der Waals surface area contributed by atoms with Crippen molar-refractivity contribution < 1.29 is 4.42 Å². The average Bonchev–Trinajstić information content (AvgIpc) is 2.62. The van der Waals surface area contributed by atoms with Gasteiger partial charge in [0.15, 0.2) is 0 Å². The van der Waals surface area contributed by atoms with Gasteiger partial charge >= 0.3 is 0 Å². The van der Waals surface area contributed by atoms with Crippen molar-refractivity contribution in [3.05, 3.63) is 34.5 Å². The Morgan fingerprint density at radius 3 is 3.07 bits per heavy atom. The fourth-order valence-electron chi connectivity index (χ4n) is 1.65. The third-order valence-electron chi connectivity index (χ3n) is 2.44. The number of nitrogens with one attached hydrogen (secondary N) is 1. The van der Waals surface area contributed by atoms with Crippen molar-refractivity contribution in [2.75, 3.05) is 13.1 Å². The van der Waals surface area contributed by atoms with E-state index in [-0.39, 0.29) is 0 Å². The molecule has 15 heavy (non-hydrogen) atoms. The third kappa shape index (κ3) is 2.41. The predicted molar refractivity (Wildman–Crippen MR) is 66.2 cm³/mol. The van der Waals surface area contributed by atoms with Crippen LogP contribution in [0.4, 0.5) is 0 Å². The van der Waals surface area contributed by atoms with Crippen LogP contribution in [0.5, 0.6) is 0 Å². The van der Waals surface area contributed by atoms with E-state index in [0.29, 0.717) is 0 Å². The van der Waals surface area contributed by atoms with E-state index in [9.17, 15) is 0 Å². The molecule has 0 saturated heterocycles. The van der Waals surface area contributed by atoms with E-state index in [0.717, 1.165) is 29.6 Å². The maximum atomic E-state index is 5.49. The monoisotopic (exact) mass is 267 g/mol. The molecule has 0 amide bonds. The van der Waals surface area contributed by atoms with Gasteiger partial charge in [-0.2, -0.15) is 0 Å². The molecule has 0 aliphatic rings. The molecule has 0 fully saturated rings. The SMILES string of the molecule is CCNCCc1coc2ccc(Br)cc12. The zero-order chi connectivity index (χ0) is 10.7. The number of benzene rings is 1. The molecular weight excluding hydrogens is 254 g/mol. The Kier molecular flexibility index (Phi) is 3.44. The molecule has 0 spiro atoms. The molecule has 3 heteroatoms. The highest BCUT2D eigenvalue weighted by Crippen LogP contribution is 2.24. The van der Waals surface area contributed by atoms with Crippen LogP contribution in [0.15, 0.2) is 33.4 Å². The van der Waals surface area contributed by atoms with Crippen LogP contribution < -0.4 is 5.32 Å². The number of fused-ring (bicyclic) bond motifs is 1. The molecule has 2 aromatic rings. The molecule has 1 aromatic carbocycles. The van der Waals surface area contributed by atoms with Crippen LogP contribution >= 0.6 is 15.9 Å². The van der Waals surface area contributed by atoms with Gasteiger partial charge in [-0.3, -0.25) is 0 Å². The van der Waals surface area contributed by atoms with Crippen molar-refractivity contribution in [3.8, 4) is 0 Å². The molecular formula is C12H14BrNO. The second-order valence-electron chi connectivity index (χ2n) is 3.50. The summed E-state index contributed by atoms with van der Waals surface area (Å²) in [6.45, 7) is 4.13. The molecule has 80 valence electrons. The fraction of sp³-hybridized carbons (Fsp3) is 0.333. The lowest BCUT2D eigenvalue weighted by Crippen LogP contribution is -2.15. The lowest BCUT2D eigenvalue weighted by Gasteiger charge is -1.99. The van der Waals surface area contributed by atoms with E-state index >= 15 is 0 Å². The van der Waals surface area contributed by atoms with Crippen LogP contribution in [0.3, 0.4) is 0 Å². The number of likely N-dealkylation sites (N-methyl/N-ethyl adjacent to an activating group) is 1. The van der Waals surface area contributed by atoms with E-state index < -0.39 is 0 Å². The molecule has 0 unspecified atom stereocenters. The molecule has 1 heterocycles. The molecule has 0 aliphatic carbocycles. The Morgan fingerprint density at radius 2 is 2.27 bits per heavy atom. The number of furan rings is 1. The van der Waals surface area contributed by atoms with Gasteiger partial charge < -0.3 is 9.73 Å². The highest BCUT2D eigenvalue weighted by molar-refractivity contribution is 9.10. The summed E-state index contributed by atoms with van der Waals surface area (Å²) in [5, 5.41) is 4.52. The summed E-state index contributed by atoms with van der Waals surface area (Å²) < 4.78 is 6.58. The maximum Gasteiger partial charge on any atom is 0.134 e. The summed E-state index contributed by atoms with van der Waals surface area (Å²) in [4.78, 5) is 0. The summed E-state index contributed by atoms with van der Waals surface area (Å²) in [6.07, 6.45) is 2.87. The van der Waals surface area contributed by atoms with Gasteiger partial charge in [-0.1, -0.05) is 22.9 Å². The van der Waals surface area contributed by atoms with Gasteiger partial charge in [0, 0.05) is 9.86 Å². The lowest BCUT2D eigenvalue weighted by atomic mass is 10.1. The lowest BCUT2D eigenvalue weighted by molar-refractivity contribution is 0.607. The van der Waals surface area contributed by atoms with E-state index in [4.69, 9.17) is 4.42 Å². The smallest absolute Gasteiger partial charge is 0.134 e. The zero-order valence-corrected chi connectivity index (χ0v) is 10.3. The Labute approximate surface area is 97.8 Å². The van der Waals surface area contributed by atoms with Crippen LogP contribution in [0.1, 0.15) is 12.5 Å². The summed E-state index contributed by atoms with van der Waals surface area (Å²) >= 11 is 3.48. The van der Waals surface area contributed by atoms with E-state index in [2.05, 4.69) is 34.2 Å². The fourth-order valence-corrected chi connectivity index (χ4v) is 2.01. The highest BCUT2D eigenvalue weighted by Gasteiger charge is 2.05. The second-order valence-corrected chi connectivity index (χ2v) is 4.42. The van der Waals surface area contributed by atoms with Gasteiger partial charge in [-0.15, -0.1) is 0 Å². The Balaban J connectivity index is 2.23.